The number of halogens is 1. The van der Waals surface area contributed by atoms with Gasteiger partial charge in [-0.25, -0.2) is 19.2 Å². The summed E-state index contributed by atoms with van der Waals surface area (Å²) in [6.07, 6.45) is 2.34. The lowest BCUT2D eigenvalue weighted by atomic mass is 9.72. The third-order valence-electron chi connectivity index (χ3n) is 5.65. The summed E-state index contributed by atoms with van der Waals surface area (Å²) in [4.78, 5) is 63.6. The molecule has 3 aromatic rings. The van der Waals surface area contributed by atoms with Crippen LogP contribution in [0.1, 0.15) is 38.0 Å². The first kappa shape index (κ1) is 26.9. The summed E-state index contributed by atoms with van der Waals surface area (Å²) in [6.45, 7) is 0. The van der Waals surface area contributed by atoms with Crippen molar-refractivity contribution in [2.45, 2.75) is 18.4 Å². The van der Waals surface area contributed by atoms with E-state index < -0.39 is 55.6 Å². The predicted molar refractivity (Wildman–Crippen MR) is 128 cm³/mol. The Morgan fingerprint density at radius 2 is 1.95 bits per heavy atom. The van der Waals surface area contributed by atoms with Crippen LogP contribution in [0.25, 0.3) is 0 Å². The van der Waals surface area contributed by atoms with Crippen LogP contribution >= 0.6 is 7.60 Å². The number of hydrogen-bond donors (Lipinski definition) is 6. The number of carboxylic acids is 1. The number of amides is 2. The molecule has 0 aliphatic carbocycles. The molecule has 13 nitrogen and oxygen atoms in total. The van der Waals surface area contributed by atoms with Crippen molar-refractivity contribution in [1.82, 2.24) is 20.6 Å². The minimum atomic E-state index is -4.96. The molecule has 0 saturated heterocycles. The second kappa shape index (κ2) is 10.7. The number of nitrogens with zero attached hydrogens (tertiary/aromatic N) is 2. The molecule has 0 bridgehead atoms. The standard InChI is InChI=1S/C22H19BFN4O9P/c24-14-8-11(4-5-16(14)38(34,35)36)18(28-20(29)15-6-7-25-10-26-15)21(30)27-17-9-12-2-1-3-13(22(31)32)19(12)37-23(17)33/h1-8,10,17-18,33H,9H2,(H,27,30)(H,28,29)(H,31,32)(H2,34,35,36)/t17-,18+/m0/s1. The lowest BCUT2D eigenvalue weighted by Crippen LogP contribution is -2.55. The number of nitrogens with one attached hydrogen (secondary N) is 2. The minimum Gasteiger partial charge on any atom is -0.534 e. The molecule has 38 heavy (non-hydrogen) atoms. The highest BCUT2D eigenvalue weighted by Crippen LogP contribution is 2.35. The van der Waals surface area contributed by atoms with Gasteiger partial charge in [-0.2, -0.15) is 0 Å². The van der Waals surface area contributed by atoms with E-state index >= 15 is 0 Å². The van der Waals surface area contributed by atoms with E-state index in [1.807, 2.05) is 0 Å². The monoisotopic (exact) mass is 544 g/mol. The Morgan fingerprint density at radius 3 is 2.58 bits per heavy atom. The lowest BCUT2D eigenvalue weighted by molar-refractivity contribution is -0.123. The largest absolute Gasteiger partial charge is 0.547 e. The van der Waals surface area contributed by atoms with Crippen molar-refractivity contribution < 1.29 is 47.9 Å². The molecule has 1 aliphatic rings. The third-order valence-corrected chi connectivity index (χ3v) is 6.64. The normalized spacial score (nSPS) is 15.6. The van der Waals surface area contributed by atoms with E-state index in [0.29, 0.717) is 11.6 Å². The van der Waals surface area contributed by atoms with E-state index in [9.17, 15) is 43.3 Å². The van der Waals surface area contributed by atoms with Gasteiger partial charge in [-0.15, -0.1) is 0 Å². The topological polar surface area (TPSA) is 208 Å². The fourth-order valence-corrected chi connectivity index (χ4v) is 4.46. The number of hydrogen-bond acceptors (Lipinski definition) is 8. The van der Waals surface area contributed by atoms with Crippen LogP contribution in [0.15, 0.2) is 55.0 Å². The zero-order valence-corrected chi connectivity index (χ0v) is 20.1. The smallest absolute Gasteiger partial charge is 0.534 e. The second-order valence-electron chi connectivity index (χ2n) is 8.18. The molecule has 2 amide bonds. The Morgan fingerprint density at radius 1 is 1.18 bits per heavy atom. The van der Waals surface area contributed by atoms with Gasteiger partial charge < -0.3 is 35.2 Å². The van der Waals surface area contributed by atoms with Gasteiger partial charge in [0.05, 0.1) is 16.8 Å². The highest BCUT2D eigenvalue weighted by Gasteiger charge is 2.39. The number of carbonyl (C=O) groups is 3. The summed E-state index contributed by atoms with van der Waals surface area (Å²) >= 11 is 0. The average molecular weight is 544 g/mol. The van der Waals surface area contributed by atoms with E-state index in [-0.39, 0.29) is 29.0 Å². The van der Waals surface area contributed by atoms with Crippen LogP contribution in [0, 0.1) is 5.82 Å². The van der Waals surface area contributed by atoms with Gasteiger partial charge in [-0.05, 0) is 41.8 Å². The average Bonchev–Trinajstić information content (AvgIpc) is 2.86. The molecule has 1 aliphatic heterocycles. The van der Waals surface area contributed by atoms with E-state index in [0.717, 1.165) is 18.5 Å². The molecular formula is C22H19BFN4O9P. The van der Waals surface area contributed by atoms with E-state index in [2.05, 4.69) is 20.6 Å². The summed E-state index contributed by atoms with van der Waals surface area (Å²) < 4.78 is 31.4. The molecule has 0 radical (unpaired) electrons. The van der Waals surface area contributed by atoms with Crippen LogP contribution in [0.3, 0.4) is 0 Å². The van der Waals surface area contributed by atoms with Gasteiger partial charge in [-0.3, -0.25) is 14.2 Å². The Balaban J connectivity index is 1.63. The molecule has 2 aromatic carbocycles. The van der Waals surface area contributed by atoms with Crippen LogP contribution in [-0.2, 0) is 15.8 Å². The number of benzene rings is 2. The van der Waals surface area contributed by atoms with Crippen LogP contribution in [0.5, 0.6) is 5.75 Å². The second-order valence-corrected chi connectivity index (χ2v) is 9.75. The molecule has 0 spiro atoms. The Bertz CT molecular complexity index is 1460. The number of carbonyl (C=O) groups excluding carboxylic acids is 2. The van der Waals surface area contributed by atoms with Gasteiger partial charge >= 0.3 is 20.7 Å². The molecule has 4 rings (SSSR count). The molecule has 1 aromatic heterocycles. The minimum absolute atomic E-state index is 0.0402. The number of para-hydroxylation sites is 1. The van der Waals surface area contributed by atoms with E-state index in [4.69, 9.17) is 4.65 Å². The summed E-state index contributed by atoms with van der Waals surface area (Å²) in [6, 6.07) is 6.53. The summed E-state index contributed by atoms with van der Waals surface area (Å²) in [5, 5.41) is 23.8. The van der Waals surface area contributed by atoms with Crippen LogP contribution in [-0.4, -0.2) is 60.7 Å². The Hall–Kier alpha value is -4.17. The predicted octanol–water partition coefficient (Wildman–Crippen LogP) is -0.272. The molecule has 16 heteroatoms. The van der Waals surface area contributed by atoms with E-state index in [1.165, 1.54) is 24.4 Å². The first-order valence-electron chi connectivity index (χ1n) is 10.9. The highest BCUT2D eigenvalue weighted by atomic mass is 31.2. The molecule has 0 unspecified atom stereocenters. The molecule has 196 valence electrons. The molecule has 0 fully saturated rings. The van der Waals surface area contributed by atoms with Crippen molar-refractivity contribution in [3.63, 3.8) is 0 Å². The van der Waals surface area contributed by atoms with Crippen molar-refractivity contribution in [3.05, 3.63) is 83.2 Å². The molecule has 2 heterocycles. The van der Waals surface area contributed by atoms with Gasteiger partial charge in [-0.1, -0.05) is 18.2 Å². The summed E-state index contributed by atoms with van der Waals surface area (Å²) in [5.74, 6) is -5.51. The molecule has 6 N–H and O–H groups in total. The molecule has 0 saturated carbocycles. The SMILES string of the molecule is O=C(N[C@@H](C(=O)N[C@H]1Cc2cccc(C(=O)O)c2OB1O)c1ccc(P(=O)(O)O)c(F)c1)c1ccncn1. The van der Waals surface area contributed by atoms with Crippen molar-refractivity contribution >= 4 is 37.8 Å². The van der Waals surface area contributed by atoms with Gasteiger partial charge in [0, 0.05) is 6.20 Å². The first-order chi connectivity index (χ1) is 18.0. The Kier molecular flexibility index (Phi) is 7.55. The quantitative estimate of drug-likeness (QED) is 0.169. The maximum atomic E-state index is 14.6. The van der Waals surface area contributed by atoms with E-state index in [1.54, 1.807) is 6.07 Å². The van der Waals surface area contributed by atoms with Crippen LogP contribution < -0.4 is 20.6 Å². The number of rotatable bonds is 7. The first-order valence-corrected chi connectivity index (χ1v) is 12.5. The summed E-state index contributed by atoms with van der Waals surface area (Å²) in [7, 11) is -6.62. The number of aromatic carboxylic acids is 1. The maximum absolute atomic E-state index is 14.6. The fraction of sp³-hybridized carbons (Fsp3) is 0.136. The van der Waals surface area contributed by atoms with Gasteiger partial charge in [0.15, 0.2) is 0 Å². The van der Waals surface area contributed by atoms with Crippen LogP contribution in [0.2, 0.25) is 0 Å². The van der Waals surface area contributed by atoms with Crippen LogP contribution in [0.4, 0.5) is 4.39 Å². The van der Waals surface area contributed by atoms with Gasteiger partial charge in [0.2, 0.25) is 5.91 Å². The summed E-state index contributed by atoms with van der Waals surface area (Å²) in [5.41, 5.74) is -0.0818. The molecule has 2 atom stereocenters. The number of fused-ring (bicyclic) bond motifs is 1. The lowest BCUT2D eigenvalue weighted by Gasteiger charge is -2.30. The zero-order valence-electron chi connectivity index (χ0n) is 19.2. The van der Waals surface area contributed by atoms with Gasteiger partial charge in [0.25, 0.3) is 5.91 Å². The molecular weight excluding hydrogens is 525 g/mol. The van der Waals surface area contributed by atoms with Crippen molar-refractivity contribution in [2.24, 2.45) is 0 Å². The number of aromatic nitrogens is 2. The van der Waals surface area contributed by atoms with Gasteiger partial charge in [0.1, 0.15) is 29.6 Å². The Labute approximate surface area is 214 Å². The fourth-order valence-electron chi connectivity index (χ4n) is 3.85. The van der Waals surface area contributed by atoms with Crippen molar-refractivity contribution in [3.8, 4) is 5.75 Å². The zero-order chi connectivity index (χ0) is 27.6. The maximum Gasteiger partial charge on any atom is 0.547 e. The number of carboxylic acid groups (broad SMARTS) is 1. The highest BCUT2D eigenvalue weighted by molar-refractivity contribution is 7.60. The van der Waals surface area contributed by atoms with Crippen molar-refractivity contribution in [1.29, 1.82) is 0 Å². The third kappa shape index (κ3) is 5.71. The van der Waals surface area contributed by atoms with Crippen molar-refractivity contribution in [2.75, 3.05) is 0 Å².